The second kappa shape index (κ2) is 5.28. The van der Waals surface area contributed by atoms with Crippen molar-refractivity contribution in [2.24, 2.45) is 5.92 Å². The van der Waals surface area contributed by atoms with Crippen LogP contribution in [0.2, 0.25) is 0 Å². The van der Waals surface area contributed by atoms with Gasteiger partial charge in [-0.2, -0.15) is 0 Å². The molecule has 0 spiro atoms. The zero-order chi connectivity index (χ0) is 14.0. The molecular weight excluding hydrogens is 270 g/mol. The van der Waals surface area contributed by atoms with Crippen LogP contribution < -0.4 is 0 Å². The van der Waals surface area contributed by atoms with Crippen LogP contribution in [0.1, 0.15) is 15.9 Å². The fraction of sp³-hybridized carbons (Fsp3) is 0.417. The van der Waals surface area contributed by atoms with Gasteiger partial charge in [0.1, 0.15) is 0 Å². The van der Waals surface area contributed by atoms with Crippen molar-refractivity contribution in [3.05, 3.63) is 35.4 Å². The first kappa shape index (κ1) is 14.0. The van der Waals surface area contributed by atoms with E-state index in [4.69, 9.17) is 10.2 Å². The SMILES string of the molecule is O=C(O)c1ccc(CS(=O)(=O)N2CC(CO)C2)cc1. The van der Waals surface area contributed by atoms with E-state index in [-0.39, 0.29) is 23.8 Å². The van der Waals surface area contributed by atoms with E-state index in [9.17, 15) is 13.2 Å². The van der Waals surface area contributed by atoms with Gasteiger partial charge in [0.2, 0.25) is 10.0 Å². The van der Waals surface area contributed by atoms with E-state index in [2.05, 4.69) is 0 Å². The van der Waals surface area contributed by atoms with Gasteiger partial charge in [-0.25, -0.2) is 17.5 Å². The van der Waals surface area contributed by atoms with Crippen molar-refractivity contribution in [2.45, 2.75) is 5.75 Å². The normalized spacial score (nSPS) is 17.1. The average molecular weight is 285 g/mol. The highest BCUT2D eigenvalue weighted by Gasteiger charge is 2.35. The van der Waals surface area contributed by atoms with Crippen LogP contribution in [0.5, 0.6) is 0 Å². The first-order valence-electron chi connectivity index (χ1n) is 5.83. The maximum atomic E-state index is 12.0. The standard InChI is InChI=1S/C12H15NO5S/c14-7-10-5-13(6-10)19(17,18)8-9-1-3-11(4-2-9)12(15)16/h1-4,10,14H,5-8H2,(H,15,16). The third-order valence-corrected chi connectivity index (χ3v) is 4.91. The molecule has 1 fully saturated rings. The molecule has 1 saturated heterocycles. The number of benzene rings is 1. The summed E-state index contributed by atoms with van der Waals surface area (Å²) in [5, 5.41) is 17.6. The summed E-state index contributed by atoms with van der Waals surface area (Å²) in [7, 11) is -3.38. The maximum absolute atomic E-state index is 12.0. The third-order valence-electron chi connectivity index (χ3n) is 3.13. The van der Waals surface area contributed by atoms with Gasteiger partial charge in [0.25, 0.3) is 0 Å². The number of carboxylic acids is 1. The predicted octanol–water partition coefficient (Wildman–Crippen LogP) is 0.139. The molecular formula is C12H15NO5S. The van der Waals surface area contributed by atoms with E-state index < -0.39 is 16.0 Å². The number of aliphatic hydroxyl groups is 1. The monoisotopic (exact) mass is 285 g/mol. The summed E-state index contributed by atoms with van der Waals surface area (Å²) in [6, 6.07) is 5.79. The first-order valence-corrected chi connectivity index (χ1v) is 7.44. The Kier molecular flexibility index (Phi) is 3.88. The zero-order valence-electron chi connectivity index (χ0n) is 10.2. The number of hydrogen-bond acceptors (Lipinski definition) is 4. The van der Waals surface area contributed by atoms with Gasteiger partial charge in [-0.3, -0.25) is 0 Å². The van der Waals surface area contributed by atoms with Gasteiger partial charge < -0.3 is 10.2 Å². The molecule has 1 aromatic carbocycles. The van der Waals surface area contributed by atoms with Crippen molar-refractivity contribution in [3.8, 4) is 0 Å². The Bertz CT molecular complexity index is 560. The highest BCUT2D eigenvalue weighted by atomic mass is 32.2. The van der Waals surface area contributed by atoms with Gasteiger partial charge in [-0.1, -0.05) is 12.1 Å². The fourth-order valence-corrected chi connectivity index (χ4v) is 3.58. The van der Waals surface area contributed by atoms with Crippen molar-refractivity contribution in [2.75, 3.05) is 19.7 Å². The molecule has 19 heavy (non-hydrogen) atoms. The number of carbonyl (C=O) groups is 1. The molecule has 0 aliphatic carbocycles. The van der Waals surface area contributed by atoms with Gasteiger partial charge in [0.05, 0.1) is 11.3 Å². The lowest BCUT2D eigenvalue weighted by molar-refractivity contribution is 0.0697. The molecule has 7 heteroatoms. The highest BCUT2D eigenvalue weighted by Crippen LogP contribution is 2.21. The number of sulfonamides is 1. The summed E-state index contributed by atoms with van der Waals surface area (Å²) >= 11 is 0. The fourth-order valence-electron chi connectivity index (χ4n) is 1.91. The smallest absolute Gasteiger partial charge is 0.335 e. The number of hydrogen-bond donors (Lipinski definition) is 2. The van der Waals surface area contributed by atoms with E-state index in [1.165, 1.54) is 28.6 Å². The van der Waals surface area contributed by atoms with Crippen LogP contribution in [0, 0.1) is 5.92 Å². The first-order chi connectivity index (χ1) is 8.92. The second-order valence-electron chi connectivity index (χ2n) is 4.62. The number of aromatic carboxylic acids is 1. The lowest BCUT2D eigenvalue weighted by Crippen LogP contribution is -2.51. The molecule has 0 bridgehead atoms. The van der Waals surface area contributed by atoms with Gasteiger partial charge in [-0.15, -0.1) is 0 Å². The largest absolute Gasteiger partial charge is 0.478 e. The van der Waals surface area contributed by atoms with E-state index in [0.29, 0.717) is 18.7 Å². The zero-order valence-corrected chi connectivity index (χ0v) is 11.0. The van der Waals surface area contributed by atoms with Crippen LogP contribution >= 0.6 is 0 Å². The van der Waals surface area contributed by atoms with Crippen molar-refractivity contribution < 1.29 is 23.4 Å². The minimum atomic E-state index is -3.38. The topological polar surface area (TPSA) is 94.9 Å². The van der Waals surface area contributed by atoms with Crippen molar-refractivity contribution in [1.82, 2.24) is 4.31 Å². The minimum absolute atomic E-state index is 0.000666. The predicted molar refractivity (Wildman–Crippen MR) is 68.2 cm³/mol. The van der Waals surface area contributed by atoms with Crippen molar-refractivity contribution >= 4 is 16.0 Å². The Hall–Kier alpha value is -1.44. The molecule has 0 radical (unpaired) electrons. The lowest BCUT2D eigenvalue weighted by atomic mass is 10.1. The summed E-state index contributed by atoms with van der Waals surface area (Å²) < 4.78 is 25.3. The number of nitrogens with zero attached hydrogens (tertiary/aromatic N) is 1. The van der Waals surface area contributed by atoms with Crippen molar-refractivity contribution in [3.63, 3.8) is 0 Å². The molecule has 1 aromatic rings. The Morgan fingerprint density at radius 2 is 1.84 bits per heavy atom. The van der Waals surface area contributed by atoms with Crippen LogP contribution in [0.25, 0.3) is 0 Å². The Labute approximate surface area is 111 Å². The number of rotatable bonds is 5. The van der Waals surface area contributed by atoms with E-state index >= 15 is 0 Å². The second-order valence-corrected chi connectivity index (χ2v) is 6.59. The average Bonchev–Trinajstić information content (AvgIpc) is 2.27. The van der Waals surface area contributed by atoms with E-state index in [0.717, 1.165) is 0 Å². The molecule has 0 aromatic heterocycles. The highest BCUT2D eigenvalue weighted by molar-refractivity contribution is 7.88. The number of carboxylic acid groups (broad SMARTS) is 1. The summed E-state index contributed by atoms with van der Waals surface area (Å²) in [6.07, 6.45) is 0. The minimum Gasteiger partial charge on any atom is -0.478 e. The van der Waals surface area contributed by atoms with Crippen LogP contribution in [0.4, 0.5) is 0 Å². The molecule has 0 amide bonds. The van der Waals surface area contributed by atoms with Gasteiger partial charge in [0, 0.05) is 25.6 Å². The lowest BCUT2D eigenvalue weighted by Gasteiger charge is -2.36. The molecule has 0 atom stereocenters. The molecule has 1 aliphatic heterocycles. The Morgan fingerprint density at radius 3 is 2.32 bits per heavy atom. The van der Waals surface area contributed by atoms with Crippen LogP contribution in [-0.4, -0.2) is 48.6 Å². The third kappa shape index (κ3) is 3.12. The molecule has 0 unspecified atom stereocenters. The summed E-state index contributed by atoms with van der Waals surface area (Å²) in [4.78, 5) is 10.7. The van der Waals surface area contributed by atoms with Gasteiger partial charge in [-0.05, 0) is 17.7 Å². The molecule has 1 aliphatic rings. The quantitative estimate of drug-likeness (QED) is 0.802. The molecule has 1 heterocycles. The van der Waals surface area contributed by atoms with Crippen LogP contribution in [0.3, 0.4) is 0 Å². The van der Waals surface area contributed by atoms with Gasteiger partial charge in [0.15, 0.2) is 0 Å². The molecule has 6 nitrogen and oxygen atoms in total. The Morgan fingerprint density at radius 1 is 1.26 bits per heavy atom. The maximum Gasteiger partial charge on any atom is 0.335 e. The molecule has 2 rings (SSSR count). The molecule has 2 N–H and O–H groups in total. The summed E-state index contributed by atoms with van der Waals surface area (Å²) in [5.74, 6) is -1.16. The molecule has 0 saturated carbocycles. The van der Waals surface area contributed by atoms with Gasteiger partial charge >= 0.3 is 5.97 Å². The van der Waals surface area contributed by atoms with Crippen molar-refractivity contribution in [1.29, 1.82) is 0 Å². The van der Waals surface area contributed by atoms with E-state index in [1.807, 2.05) is 0 Å². The summed E-state index contributed by atoms with van der Waals surface area (Å²) in [6.45, 7) is 0.706. The Balaban J connectivity index is 2.02. The van der Waals surface area contributed by atoms with Crippen LogP contribution in [-0.2, 0) is 15.8 Å². The summed E-state index contributed by atoms with van der Waals surface area (Å²) in [5.41, 5.74) is 0.683. The molecule has 104 valence electrons. The van der Waals surface area contributed by atoms with Crippen LogP contribution in [0.15, 0.2) is 24.3 Å². The van der Waals surface area contributed by atoms with E-state index in [1.54, 1.807) is 0 Å². The number of aliphatic hydroxyl groups excluding tert-OH is 1.